The van der Waals surface area contributed by atoms with Crippen molar-refractivity contribution >= 4 is 0 Å². The van der Waals surface area contributed by atoms with Crippen molar-refractivity contribution in [3.8, 4) is 0 Å². The molecule has 0 aromatic heterocycles. The Hall–Kier alpha value is -0.0800. The summed E-state index contributed by atoms with van der Waals surface area (Å²) in [6, 6.07) is 1.48. The lowest BCUT2D eigenvalue weighted by Crippen LogP contribution is -2.54. The van der Waals surface area contributed by atoms with Crippen LogP contribution in [-0.2, 0) is 0 Å². The fourth-order valence-corrected chi connectivity index (χ4v) is 3.88. The van der Waals surface area contributed by atoms with Gasteiger partial charge in [-0.15, -0.1) is 0 Å². The SMILES string of the molecule is CCNC1CCC(CC)CC1N(CC)CC(CC)CC. The van der Waals surface area contributed by atoms with Crippen LogP contribution in [0.15, 0.2) is 0 Å². The summed E-state index contributed by atoms with van der Waals surface area (Å²) in [7, 11) is 0. The molecule has 0 aliphatic heterocycles. The van der Waals surface area contributed by atoms with E-state index in [1.165, 1.54) is 51.6 Å². The second-order valence-electron chi connectivity index (χ2n) is 6.59. The van der Waals surface area contributed by atoms with Gasteiger partial charge in [-0.3, -0.25) is 4.90 Å². The van der Waals surface area contributed by atoms with Crippen molar-refractivity contribution in [1.29, 1.82) is 0 Å². The molecular weight excluding hydrogens is 244 g/mol. The van der Waals surface area contributed by atoms with Crippen molar-refractivity contribution in [2.24, 2.45) is 11.8 Å². The van der Waals surface area contributed by atoms with Gasteiger partial charge in [0.2, 0.25) is 0 Å². The highest BCUT2D eigenvalue weighted by molar-refractivity contribution is 4.91. The van der Waals surface area contributed by atoms with Gasteiger partial charge in [0.25, 0.3) is 0 Å². The van der Waals surface area contributed by atoms with Crippen molar-refractivity contribution < 1.29 is 0 Å². The molecule has 1 aliphatic rings. The number of likely N-dealkylation sites (N-methyl/N-ethyl adjacent to an activating group) is 2. The van der Waals surface area contributed by atoms with E-state index in [-0.39, 0.29) is 0 Å². The Morgan fingerprint density at radius 1 is 1.05 bits per heavy atom. The van der Waals surface area contributed by atoms with Crippen LogP contribution in [0.4, 0.5) is 0 Å². The van der Waals surface area contributed by atoms with Crippen LogP contribution in [0.2, 0.25) is 0 Å². The molecule has 0 radical (unpaired) electrons. The van der Waals surface area contributed by atoms with Gasteiger partial charge in [-0.2, -0.15) is 0 Å². The first-order valence-electron chi connectivity index (χ1n) is 9.17. The maximum Gasteiger partial charge on any atom is 0.0251 e. The summed E-state index contributed by atoms with van der Waals surface area (Å²) in [5.74, 6) is 1.82. The second-order valence-corrected chi connectivity index (χ2v) is 6.59. The fourth-order valence-electron chi connectivity index (χ4n) is 3.88. The average Bonchev–Trinajstić information content (AvgIpc) is 2.49. The Morgan fingerprint density at radius 3 is 2.25 bits per heavy atom. The van der Waals surface area contributed by atoms with Crippen LogP contribution < -0.4 is 5.32 Å². The first-order chi connectivity index (χ1) is 9.69. The van der Waals surface area contributed by atoms with E-state index in [2.05, 4.69) is 44.8 Å². The topological polar surface area (TPSA) is 15.3 Å². The number of hydrogen-bond acceptors (Lipinski definition) is 2. The Bertz CT molecular complexity index is 232. The molecule has 0 spiro atoms. The summed E-state index contributed by atoms with van der Waals surface area (Å²) in [6.45, 7) is 15.3. The van der Waals surface area contributed by atoms with Crippen molar-refractivity contribution in [1.82, 2.24) is 10.2 Å². The molecule has 2 nitrogen and oxygen atoms in total. The van der Waals surface area contributed by atoms with Gasteiger partial charge in [0, 0.05) is 18.6 Å². The van der Waals surface area contributed by atoms with Crippen molar-refractivity contribution in [3.05, 3.63) is 0 Å². The van der Waals surface area contributed by atoms with Gasteiger partial charge in [0.05, 0.1) is 0 Å². The Morgan fingerprint density at radius 2 is 1.75 bits per heavy atom. The molecule has 0 aromatic rings. The molecule has 0 amide bonds. The summed E-state index contributed by atoms with van der Waals surface area (Å²) < 4.78 is 0. The molecule has 3 unspecified atom stereocenters. The zero-order valence-electron chi connectivity index (χ0n) is 14.6. The molecule has 120 valence electrons. The van der Waals surface area contributed by atoms with Crippen LogP contribution in [0.25, 0.3) is 0 Å². The van der Waals surface area contributed by atoms with E-state index in [4.69, 9.17) is 0 Å². The minimum absolute atomic E-state index is 0.720. The minimum Gasteiger partial charge on any atom is -0.313 e. The molecule has 2 heteroatoms. The highest BCUT2D eigenvalue weighted by Crippen LogP contribution is 2.31. The Kier molecular flexibility index (Phi) is 8.79. The second kappa shape index (κ2) is 9.78. The standard InChI is InChI=1S/C18H38N2/c1-6-15(7-2)14-20(10-5)18-13-16(8-3)11-12-17(18)19-9-4/h15-19H,6-14H2,1-5H3. The van der Waals surface area contributed by atoms with Crippen LogP contribution >= 0.6 is 0 Å². The highest BCUT2D eigenvalue weighted by atomic mass is 15.2. The molecule has 1 rings (SSSR count). The van der Waals surface area contributed by atoms with Gasteiger partial charge in [-0.05, 0) is 44.2 Å². The Balaban J connectivity index is 2.71. The van der Waals surface area contributed by atoms with Gasteiger partial charge in [0.15, 0.2) is 0 Å². The molecule has 20 heavy (non-hydrogen) atoms. The van der Waals surface area contributed by atoms with Crippen LogP contribution in [0.5, 0.6) is 0 Å². The highest BCUT2D eigenvalue weighted by Gasteiger charge is 2.33. The normalized spacial score (nSPS) is 27.4. The van der Waals surface area contributed by atoms with Crippen molar-refractivity contribution in [3.63, 3.8) is 0 Å². The molecular formula is C18H38N2. The van der Waals surface area contributed by atoms with Gasteiger partial charge in [-0.25, -0.2) is 0 Å². The first-order valence-corrected chi connectivity index (χ1v) is 9.17. The lowest BCUT2D eigenvalue weighted by Gasteiger charge is -2.44. The molecule has 0 aromatic carbocycles. The Labute approximate surface area is 127 Å². The number of nitrogens with zero attached hydrogens (tertiary/aromatic N) is 1. The summed E-state index contributed by atoms with van der Waals surface area (Å²) in [4.78, 5) is 2.78. The van der Waals surface area contributed by atoms with Crippen molar-refractivity contribution in [2.75, 3.05) is 19.6 Å². The van der Waals surface area contributed by atoms with E-state index in [1.807, 2.05) is 0 Å². The van der Waals surface area contributed by atoms with Crippen LogP contribution in [-0.4, -0.2) is 36.6 Å². The van der Waals surface area contributed by atoms with Gasteiger partial charge >= 0.3 is 0 Å². The maximum atomic E-state index is 3.76. The number of nitrogens with one attached hydrogen (secondary N) is 1. The van der Waals surface area contributed by atoms with Crippen LogP contribution in [0.3, 0.4) is 0 Å². The molecule has 1 N–H and O–H groups in total. The lowest BCUT2D eigenvalue weighted by molar-refractivity contribution is 0.0845. The molecule has 1 aliphatic carbocycles. The van der Waals surface area contributed by atoms with E-state index in [9.17, 15) is 0 Å². The zero-order chi connectivity index (χ0) is 15.0. The van der Waals surface area contributed by atoms with Crippen molar-refractivity contribution in [2.45, 2.75) is 85.2 Å². The van der Waals surface area contributed by atoms with E-state index in [0.717, 1.165) is 30.5 Å². The largest absolute Gasteiger partial charge is 0.313 e. The van der Waals surface area contributed by atoms with Gasteiger partial charge < -0.3 is 5.32 Å². The molecule has 1 fully saturated rings. The summed E-state index contributed by atoms with van der Waals surface area (Å²) in [5.41, 5.74) is 0. The predicted molar refractivity (Wildman–Crippen MR) is 90.2 cm³/mol. The third-order valence-electron chi connectivity index (χ3n) is 5.49. The lowest BCUT2D eigenvalue weighted by atomic mass is 9.80. The van der Waals surface area contributed by atoms with E-state index in [1.54, 1.807) is 0 Å². The molecule has 1 saturated carbocycles. The third-order valence-corrected chi connectivity index (χ3v) is 5.49. The zero-order valence-corrected chi connectivity index (χ0v) is 14.6. The maximum absolute atomic E-state index is 3.76. The molecule has 0 bridgehead atoms. The summed E-state index contributed by atoms with van der Waals surface area (Å²) in [5, 5.41) is 3.76. The summed E-state index contributed by atoms with van der Waals surface area (Å²) in [6.07, 6.45) is 8.20. The molecule has 0 heterocycles. The van der Waals surface area contributed by atoms with Gasteiger partial charge in [-0.1, -0.05) is 53.9 Å². The molecule has 3 atom stereocenters. The van der Waals surface area contributed by atoms with E-state index >= 15 is 0 Å². The van der Waals surface area contributed by atoms with Crippen LogP contribution in [0, 0.1) is 11.8 Å². The smallest absolute Gasteiger partial charge is 0.0251 e. The summed E-state index contributed by atoms with van der Waals surface area (Å²) >= 11 is 0. The first kappa shape index (κ1) is 18.0. The molecule has 0 saturated heterocycles. The average molecular weight is 283 g/mol. The fraction of sp³-hybridized carbons (Fsp3) is 1.00. The predicted octanol–water partition coefficient (Wildman–Crippen LogP) is 4.30. The van der Waals surface area contributed by atoms with E-state index in [0.29, 0.717) is 0 Å². The van der Waals surface area contributed by atoms with E-state index < -0.39 is 0 Å². The van der Waals surface area contributed by atoms with Gasteiger partial charge in [0.1, 0.15) is 0 Å². The monoisotopic (exact) mass is 282 g/mol. The third kappa shape index (κ3) is 5.04. The minimum atomic E-state index is 0.720. The van der Waals surface area contributed by atoms with Crippen LogP contribution in [0.1, 0.15) is 73.1 Å². The number of hydrogen-bond donors (Lipinski definition) is 1. The number of rotatable bonds is 9. The quantitative estimate of drug-likeness (QED) is 0.678.